The SMILES string of the molecule is Cc1[nH]nc(C(=O)Nc2cnc3n[nH]c(-c4ccccc4)c3c2)c1C. The van der Waals surface area contributed by atoms with Gasteiger partial charge >= 0.3 is 0 Å². The normalized spacial score (nSPS) is 11.0. The Morgan fingerprint density at radius 2 is 1.88 bits per heavy atom. The fourth-order valence-electron chi connectivity index (χ4n) is 2.69. The highest BCUT2D eigenvalue weighted by Gasteiger charge is 2.16. The number of fused-ring (bicyclic) bond motifs is 1. The number of carbonyl (C=O) groups excluding carboxylic acids is 1. The summed E-state index contributed by atoms with van der Waals surface area (Å²) in [7, 11) is 0. The van der Waals surface area contributed by atoms with Gasteiger partial charge in [-0.15, -0.1) is 0 Å². The highest BCUT2D eigenvalue weighted by atomic mass is 16.1. The van der Waals surface area contributed by atoms with Crippen LogP contribution < -0.4 is 5.32 Å². The van der Waals surface area contributed by atoms with E-state index in [0.29, 0.717) is 17.0 Å². The molecule has 0 saturated heterocycles. The van der Waals surface area contributed by atoms with Gasteiger partial charge in [-0.1, -0.05) is 30.3 Å². The molecule has 0 bridgehead atoms. The third-order valence-electron chi connectivity index (χ3n) is 4.20. The first-order valence-electron chi connectivity index (χ1n) is 7.86. The summed E-state index contributed by atoms with van der Waals surface area (Å²) in [5.41, 5.74) is 5.16. The molecule has 1 amide bonds. The number of aryl methyl sites for hydroxylation is 1. The van der Waals surface area contributed by atoms with E-state index in [2.05, 4.69) is 30.7 Å². The molecule has 0 spiro atoms. The van der Waals surface area contributed by atoms with E-state index in [1.165, 1.54) is 0 Å². The molecular weight excluding hydrogens is 316 g/mol. The number of nitrogens with one attached hydrogen (secondary N) is 3. The highest BCUT2D eigenvalue weighted by Crippen LogP contribution is 2.27. The van der Waals surface area contributed by atoms with Crippen molar-refractivity contribution in [2.24, 2.45) is 0 Å². The van der Waals surface area contributed by atoms with E-state index in [1.54, 1.807) is 6.20 Å². The minimum atomic E-state index is -0.271. The number of amides is 1. The topological polar surface area (TPSA) is 99.3 Å². The van der Waals surface area contributed by atoms with Gasteiger partial charge in [0.25, 0.3) is 5.91 Å². The van der Waals surface area contributed by atoms with Crippen LogP contribution >= 0.6 is 0 Å². The zero-order valence-corrected chi connectivity index (χ0v) is 13.8. The molecule has 0 fully saturated rings. The van der Waals surface area contributed by atoms with Crippen LogP contribution in [0.2, 0.25) is 0 Å². The zero-order valence-electron chi connectivity index (χ0n) is 13.8. The molecule has 0 aliphatic rings. The summed E-state index contributed by atoms with van der Waals surface area (Å²) in [4.78, 5) is 16.7. The van der Waals surface area contributed by atoms with Gasteiger partial charge in [-0.2, -0.15) is 10.2 Å². The van der Waals surface area contributed by atoms with Crippen LogP contribution in [0.4, 0.5) is 5.69 Å². The number of aromatic amines is 2. The average molecular weight is 332 g/mol. The number of rotatable bonds is 3. The van der Waals surface area contributed by atoms with E-state index < -0.39 is 0 Å². The molecule has 124 valence electrons. The van der Waals surface area contributed by atoms with Crippen LogP contribution in [0, 0.1) is 13.8 Å². The standard InChI is InChI=1S/C18H16N6O/c1-10-11(2)21-22-15(10)18(25)20-13-8-14-16(12-6-4-3-5-7-12)23-24-17(14)19-9-13/h3-9H,1-2H3,(H,20,25)(H,21,22)(H,19,23,24). The van der Waals surface area contributed by atoms with Crippen LogP contribution in [0.3, 0.4) is 0 Å². The first kappa shape index (κ1) is 15.1. The fourth-order valence-corrected chi connectivity index (χ4v) is 2.69. The Morgan fingerprint density at radius 1 is 1.08 bits per heavy atom. The van der Waals surface area contributed by atoms with Gasteiger partial charge in [-0.3, -0.25) is 15.0 Å². The molecule has 4 aromatic rings. The molecule has 3 N–H and O–H groups in total. The summed E-state index contributed by atoms with van der Waals surface area (Å²) < 4.78 is 0. The highest BCUT2D eigenvalue weighted by molar-refractivity contribution is 6.05. The van der Waals surface area contributed by atoms with Gasteiger partial charge < -0.3 is 5.32 Å². The molecule has 4 rings (SSSR count). The number of anilines is 1. The lowest BCUT2D eigenvalue weighted by atomic mass is 10.1. The molecule has 0 atom stereocenters. The molecule has 0 aliphatic carbocycles. The van der Waals surface area contributed by atoms with Crippen molar-refractivity contribution in [1.29, 1.82) is 0 Å². The largest absolute Gasteiger partial charge is 0.319 e. The second kappa shape index (κ2) is 5.86. The summed E-state index contributed by atoms with van der Waals surface area (Å²) in [6.07, 6.45) is 1.59. The smallest absolute Gasteiger partial charge is 0.276 e. The Balaban J connectivity index is 1.69. The lowest BCUT2D eigenvalue weighted by Crippen LogP contribution is -2.13. The Kier molecular flexibility index (Phi) is 3.53. The van der Waals surface area contributed by atoms with Gasteiger partial charge in [0.05, 0.1) is 17.6 Å². The Bertz CT molecular complexity index is 1060. The molecule has 0 unspecified atom stereocenters. The first-order valence-corrected chi connectivity index (χ1v) is 7.86. The molecule has 1 aromatic carbocycles. The summed E-state index contributed by atoms with van der Waals surface area (Å²) in [6.45, 7) is 3.74. The van der Waals surface area contributed by atoms with Crippen LogP contribution in [-0.2, 0) is 0 Å². The lowest BCUT2D eigenvalue weighted by Gasteiger charge is -2.04. The predicted octanol–water partition coefficient (Wildman–Crippen LogP) is 3.22. The monoisotopic (exact) mass is 332 g/mol. The van der Waals surface area contributed by atoms with Crippen molar-refractivity contribution in [2.45, 2.75) is 13.8 Å². The molecule has 3 heterocycles. The Labute approximate surface area is 143 Å². The number of hydrogen-bond donors (Lipinski definition) is 3. The number of nitrogens with zero attached hydrogens (tertiary/aromatic N) is 3. The minimum absolute atomic E-state index is 0.271. The van der Waals surface area contributed by atoms with Gasteiger partial charge in [0, 0.05) is 22.2 Å². The van der Waals surface area contributed by atoms with E-state index in [9.17, 15) is 4.79 Å². The zero-order chi connectivity index (χ0) is 17.4. The number of carbonyl (C=O) groups is 1. The van der Waals surface area contributed by atoms with E-state index in [4.69, 9.17) is 0 Å². The first-order chi connectivity index (χ1) is 12.1. The quantitative estimate of drug-likeness (QED) is 0.536. The van der Waals surface area contributed by atoms with Gasteiger partial charge in [-0.05, 0) is 19.9 Å². The molecule has 0 aliphatic heterocycles. The van der Waals surface area contributed by atoms with Crippen LogP contribution in [0.25, 0.3) is 22.3 Å². The van der Waals surface area contributed by atoms with Crippen molar-refractivity contribution in [3.63, 3.8) is 0 Å². The van der Waals surface area contributed by atoms with Crippen molar-refractivity contribution in [1.82, 2.24) is 25.4 Å². The second-order valence-electron chi connectivity index (χ2n) is 5.84. The Morgan fingerprint density at radius 3 is 2.60 bits per heavy atom. The summed E-state index contributed by atoms with van der Waals surface area (Å²) in [5.74, 6) is -0.271. The third kappa shape index (κ3) is 2.65. The minimum Gasteiger partial charge on any atom is -0.319 e. The number of pyridine rings is 1. The maximum Gasteiger partial charge on any atom is 0.276 e. The fraction of sp³-hybridized carbons (Fsp3) is 0.111. The number of hydrogen-bond acceptors (Lipinski definition) is 4. The summed E-state index contributed by atoms with van der Waals surface area (Å²) in [6, 6.07) is 11.7. The predicted molar refractivity (Wildman–Crippen MR) is 95.3 cm³/mol. The van der Waals surface area contributed by atoms with Gasteiger partial charge in [-0.25, -0.2) is 4.98 Å². The lowest BCUT2D eigenvalue weighted by molar-refractivity contribution is 0.102. The van der Waals surface area contributed by atoms with E-state index in [0.717, 1.165) is 27.9 Å². The molecule has 25 heavy (non-hydrogen) atoms. The van der Waals surface area contributed by atoms with Crippen molar-refractivity contribution in [3.05, 3.63) is 59.5 Å². The molecular formula is C18H16N6O. The molecule has 0 saturated carbocycles. The maximum absolute atomic E-state index is 12.4. The van der Waals surface area contributed by atoms with Crippen LogP contribution in [0.1, 0.15) is 21.7 Å². The molecule has 7 heteroatoms. The van der Waals surface area contributed by atoms with Crippen molar-refractivity contribution in [3.8, 4) is 11.3 Å². The van der Waals surface area contributed by atoms with Crippen molar-refractivity contribution in [2.75, 3.05) is 5.32 Å². The molecule has 7 nitrogen and oxygen atoms in total. The third-order valence-corrected chi connectivity index (χ3v) is 4.20. The van der Waals surface area contributed by atoms with Crippen molar-refractivity contribution < 1.29 is 4.79 Å². The number of H-pyrrole nitrogens is 2. The van der Waals surface area contributed by atoms with Crippen LogP contribution in [0.5, 0.6) is 0 Å². The van der Waals surface area contributed by atoms with Gasteiger partial charge in [0.2, 0.25) is 0 Å². The van der Waals surface area contributed by atoms with Crippen LogP contribution in [0.15, 0.2) is 42.6 Å². The Hall–Kier alpha value is -3.48. The van der Waals surface area contributed by atoms with E-state index in [-0.39, 0.29) is 5.91 Å². The number of benzene rings is 1. The van der Waals surface area contributed by atoms with Gasteiger partial charge in [0.1, 0.15) is 0 Å². The number of aromatic nitrogens is 5. The molecule has 0 radical (unpaired) electrons. The van der Waals surface area contributed by atoms with E-state index >= 15 is 0 Å². The summed E-state index contributed by atoms with van der Waals surface area (Å²) in [5, 5.41) is 17.8. The van der Waals surface area contributed by atoms with E-state index in [1.807, 2.05) is 50.2 Å². The maximum atomic E-state index is 12.4. The summed E-state index contributed by atoms with van der Waals surface area (Å²) >= 11 is 0. The molecule has 3 aromatic heterocycles. The van der Waals surface area contributed by atoms with Crippen molar-refractivity contribution >= 4 is 22.6 Å². The van der Waals surface area contributed by atoms with Gasteiger partial charge in [0.15, 0.2) is 11.3 Å². The average Bonchev–Trinajstić information content (AvgIpc) is 3.19. The second-order valence-corrected chi connectivity index (χ2v) is 5.84. The van der Waals surface area contributed by atoms with Crippen LogP contribution in [-0.4, -0.2) is 31.3 Å².